The molecule has 0 heterocycles. The summed E-state index contributed by atoms with van der Waals surface area (Å²) in [6.07, 6.45) is 0. The first-order valence-electron chi connectivity index (χ1n) is 4.79. The lowest BCUT2D eigenvalue weighted by Gasteiger charge is -2.20. The van der Waals surface area contributed by atoms with Crippen molar-refractivity contribution in [3.8, 4) is 0 Å². The van der Waals surface area contributed by atoms with Crippen LogP contribution in [-0.4, -0.2) is 71.9 Å². The summed E-state index contributed by atoms with van der Waals surface area (Å²) in [5.74, 6) is -1.11. The molecule has 1 amide bonds. The lowest BCUT2D eigenvalue weighted by Crippen LogP contribution is -2.37. The minimum atomic E-state index is -0.941. The molecule has 0 aromatic rings. The zero-order valence-corrected chi connectivity index (χ0v) is 10.0. The molecule has 0 aliphatic carbocycles. The van der Waals surface area contributed by atoms with E-state index < -0.39 is 5.97 Å². The quantitative estimate of drug-likeness (QED) is 0.562. The van der Waals surface area contributed by atoms with Gasteiger partial charge in [0, 0.05) is 20.2 Å². The Kier molecular flexibility index (Phi) is 8.97. The maximum atomic E-state index is 11.6. The van der Waals surface area contributed by atoms with Crippen LogP contribution in [0, 0.1) is 0 Å². The lowest BCUT2D eigenvalue weighted by atomic mass is 10.4. The number of carboxylic acid groups (broad SMARTS) is 1. The Morgan fingerprint density at radius 2 is 2.00 bits per heavy atom. The summed E-state index contributed by atoms with van der Waals surface area (Å²) in [7, 11) is 1.53. The number of ether oxygens (including phenoxy) is 1. The van der Waals surface area contributed by atoms with E-state index in [4.69, 9.17) is 14.9 Å². The molecule has 2 N–H and O–H groups in total. The van der Waals surface area contributed by atoms with E-state index in [0.29, 0.717) is 13.2 Å². The number of nitrogens with zero attached hydrogens (tertiary/aromatic N) is 1. The number of methoxy groups -OCH3 is 1. The fourth-order valence-corrected chi connectivity index (χ4v) is 1.63. The average molecular weight is 251 g/mol. The molecule has 0 aromatic carbocycles. The fourth-order valence-electron chi connectivity index (χ4n) is 1.00. The van der Waals surface area contributed by atoms with Gasteiger partial charge in [-0.3, -0.25) is 9.59 Å². The van der Waals surface area contributed by atoms with Crippen LogP contribution in [0.5, 0.6) is 0 Å². The number of thioether (sulfide) groups is 1. The van der Waals surface area contributed by atoms with Crippen molar-refractivity contribution in [1.29, 1.82) is 0 Å². The highest BCUT2D eigenvalue weighted by molar-refractivity contribution is 8.00. The van der Waals surface area contributed by atoms with Gasteiger partial charge in [0.05, 0.1) is 24.7 Å². The largest absolute Gasteiger partial charge is 0.481 e. The van der Waals surface area contributed by atoms with E-state index in [1.165, 1.54) is 12.0 Å². The lowest BCUT2D eigenvalue weighted by molar-refractivity contribution is -0.133. The molecule has 0 bridgehead atoms. The highest BCUT2D eigenvalue weighted by Gasteiger charge is 2.13. The second-order valence-electron chi connectivity index (χ2n) is 2.98. The summed E-state index contributed by atoms with van der Waals surface area (Å²) in [5.41, 5.74) is 0. The van der Waals surface area contributed by atoms with Crippen molar-refractivity contribution in [1.82, 2.24) is 4.90 Å². The van der Waals surface area contributed by atoms with Gasteiger partial charge in [-0.25, -0.2) is 0 Å². The number of carbonyl (C=O) groups is 2. The molecular formula is C9H17NO5S. The first-order valence-corrected chi connectivity index (χ1v) is 5.94. The van der Waals surface area contributed by atoms with Crippen molar-refractivity contribution in [2.24, 2.45) is 0 Å². The first kappa shape index (κ1) is 15.2. The Bertz CT molecular complexity index is 224. The molecule has 0 unspecified atom stereocenters. The number of aliphatic carboxylic acids is 1. The standard InChI is InChI=1S/C9H17NO5S/c1-15-5-3-10(2-4-11)8(12)6-16-7-9(13)14/h11H,2-7H2,1H3,(H,13,14). The summed E-state index contributed by atoms with van der Waals surface area (Å²) in [4.78, 5) is 23.3. The third-order valence-electron chi connectivity index (χ3n) is 1.74. The molecule has 94 valence electrons. The van der Waals surface area contributed by atoms with E-state index in [1.54, 1.807) is 0 Å². The average Bonchev–Trinajstić information content (AvgIpc) is 2.23. The number of aliphatic hydroxyl groups excluding tert-OH is 1. The molecule has 0 saturated carbocycles. The van der Waals surface area contributed by atoms with E-state index in [2.05, 4.69) is 0 Å². The van der Waals surface area contributed by atoms with Crippen molar-refractivity contribution in [2.45, 2.75) is 0 Å². The van der Waals surface area contributed by atoms with Gasteiger partial charge < -0.3 is 19.8 Å². The van der Waals surface area contributed by atoms with Crippen LogP contribution in [0.2, 0.25) is 0 Å². The number of amides is 1. The zero-order valence-electron chi connectivity index (χ0n) is 9.22. The smallest absolute Gasteiger partial charge is 0.313 e. The minimum Gasteiger partial charge on any atom is -0.481 e. The van der Waals surface area contributed by atoms with E-state index in [-0.39, 0.29) is 30.6 Å². The van der Waals surface area contributed by atoms with Crippen LogP contribution in [-0.2, 0) is 14.3 Å². The van der Waals surface area contributed by atoms with Crippen molar-refractivity contribution < 1.29 is 24.5 Å². The summed E-state index contributed by atoms with van der Waals surface area (Å²) >= 11 is 1.04. The molecule has 7 heteroatoms. The molecular weight excluding hydrogens is 234 g/mol. The number of carboxylic acids is 1. The van der Waals surface area contributed by atoms with Crippen LogP contribution in [0.3, 0.4) is 0 Å². The molecule has 0 spiro atoms. The van der Waals surface area contributed by atoms with Crippen LogP contribution in [0.15, 0.2) is 0 Å². The SMILES string of the molecule is COCCN(CCO)C(=O)CSCC(=O)O. The van der Waals surface area contributed by atoms with Crippen molar-refractivity contribution in [3.63, 3.8) is 0 Å². The molecule has 0 fully saturated rings. The number of aliphatic hydroxyl groups is 1. The number of rotatable bonds is 9. The topological polar surface area (TPSA) is 87.1 Å². The van der Waals surface area contributed by atoms with Crippen LogP contribution in [0.4, 0.5) is 0 Å². The summed E-state index contributed by atoms with van der Waals surface area (Å²) in [6, 6.07) is 0. The number of carbonyl (C=O) groups excluding carboxylic acids is 1. The molecule has 0 saturated heterocycles. The monoisotopic (exact) mass is 251 g/mol. The predicted molar refractivity (Wildman–Crippen MR) is 60.5 cm³/mol. The summed E-state index contributed by atoms with van der Waals surface area (Å²) < 4.78 is 4.84. The van der Waals surface area contributed by atoms with Gasteiger partial charge in [0.1, 0.15) is 0 Å². The molecule has 0 aliphatic heterocycles. The number of hydrogen-bond donors (Lipinski definition) is 2. The van der Waals surface area contributed by atoms with Crippen LogP contribution < -0.4 is 0 Å². The van der Waals surface area contributed by atoms with Gasteiger partial charge in [-0.2, -0.15) is 0 Å². The maximum Gasteiger partial charge on any atom is 0.313 e. The van der Waals surface area contributed by atoms with E-state index in [0.717, 1.165) is 11.8 Å². The highest BCUT2D eigenvalue weighted by atomic mass is 32.2. The molecule has 6 nitrogen and oxygen atoms in total. The van der Waals surface area contributed by atoms with Crippen LogP contribution >= 0.6 is 11.8 Å². The van der Waals surface area contributed by atoms with Gasteiger partial charge in [0.25, 0.3) is 0 Å². The Hall–Kier alpha value is -0.790. The van der Waals surface area contributed by atoms with Crippen LogP contribution in [0.1, 0.15) is 0 Å². The van der Waals surface area contributed by atoms with Gasteiger partial charge in [-0.05, 0) is 0 Å². The van der Waals surface area contributed by atoms with Gasteiger partial charge >= 0.3 is 5.97 Å². The molecule has 0 aromatic heterocycles. The second-order valence-corrected chi connectivity index (χ2v) is 3.97. The van der Waals surface area contributed by atoms with Crippen molar-refractivity contribution in [3.05, 3.63) is 0 Å². The normalized spacial score (nSPS) is 10.1. The Balaban J connectivity index is 3.90. The first-order chi connectivity index (χ1) is 7.61. The number of hydrogen-bond acceptors (Lipinski definition) is 5. The Morgan fingerprint density at radius 3 is 2.50 bits per heavy atom. The van der Waals surface area contributed by atoms with E-state index >= 15 is 0 Å². The fraction of sp³-hybridized carbons (Fsp3) is 0.778. The van der Waals surface area contributed by atoms with Crippen molar-refractivity contribution in [2.75, 3.05) is 44.9 Å². The molecule has 0 radical (unpaired) electrons. The van der Waals surface area contributed by atoms with Gasteiger partial charge in [0.2, 0.25) is 5.91 Å². The Morgan fingerprint density at radius 1 is 1.31 bits per heavy atom. The summed E-state index contributed by atoms with van der Waals surface area (Å²) in [6.45, 7) is 0.938. The molecule has 0 aliphatic rings. The van der Waals surface area contributed by atoms with E-state index in [1.807, 2.05) is 0 Å². The molecule has 0 rings (SSSR count). The third kappa shape index (κ3) is 7.49. The predicted octanol–water partition coefficient (Wildman–Crippen LogP) is -0.728. The summed E-state index contributed by atoms with van der Waals surface area (Å²) in [5, 5.41) is 17.2. The maximum absolute atomic E-state index is 11.6. The molecule has 0 atom stereocenters. The highest BCUT2D eigenvalue weighted by Crippen LogP contribution is 2.02. The zero-order chi connectivity index (χ0) is 12.4. The van der Waals surface area contributed by atoms with E-state index in [9.17, 15) is 9.59 Å². The van der Waals surface area contributed by atoms with Gasteiger partial charge in [-0.15, -0.1) is 11.8 Å². The van der Waals surface area contributed by atoms with Gasteiger partial charge in [0.15, 0.2) is 0 Å². The minimum absolute atomic E-state index is 0.0943. The van der Waals surface area contributed by atoms with Gasteiger partial charge in [-0.1, -0.05) is 0 Å². The Labute approximate surface area is 98.6 Å². The molecule has 16 heavy (non-hydrogen) atoms. The second kappa shape index (κ2) is 9.44. The van der Waals surface area contributed by atoms with Crippen LogP contribution in [0.25, 0.3) is 0 Å². The van der Waals surface area contributed by atoms with Crippen molar-refractivity contribution >= 4 is 23.6 Å². The third-order valence-corrected chi connectivity index (χ3v) is 2.64.